The molecule has 32 heavy (non-hydrogen) atoms. The highest BCUT2D eigenvalue weighted by Gasteiger charge is 2.28. The van der Waals surface area contributed by atoms with E-state index >= 15 is 0 Å². The second kappa shape index (κ2) is 8.71. The van der Waals surface area contributed by atoms with Gasteiger partial charge in [-0.25, -0.2) is 0 Å². The number of rotatable bonds is 5. The first-order valence-electron chi connectivity index (χ1n) is 10.9. The van der Waals surface area contributed by atoms with Gasteiger partial charge in [0.2, 0.25) is 0 Å². The van der Waals surface area contributed by atoms with Gasteiger partial charge in [-0.2, -0.15) is 0 Å². The number of aryl methyl sites for hydroxylation is 1. The van der Waals surface area contributed by atoms with Gasteiger partial charge in [-0.3, -0.25) is 9.78 Å². The molecule has 168 valence electrons. The van der Waals surface area contributed by atoms with Crippen molar-refractivity contribution in [2.45, 2.75) is 45.3 Å². The van der Waals surface area contributed by atoms with Gasteiger partial charge in [0, 0.05) is 24.3 Å². The van der Waals surface area contributed by atoms with E-state index in [1.54, 1.807) is 0 Å². The minimum atomic E-state index is -0.374. The summed E-state index contributed by atoms with van der Waals surface area (Å²) >= 11 is 12.5. The molecule has 5 rings (SSSR count). The van der Waals surface area contributed by atoms with Gasteiger partial charge in [0.05, 0.1) is 32.7 Å². The maximum Gasteiger partial charge on any atom is 0.255 e. The van der Waals surface area contributed by atoms with E-state index < -0.39 is 0 Å². The van der Waals surface area contributed by atoms with Crippen LogP contribution in [-0.4, -0.2) is 23.7 Å². The molecule has 2 aromatic heterocycles. The van der Waals surface area contributed by atoms with Crippen LogP contribution in [0.4, 0.5) is 17.1 Å². The molecule has 9 heteroatoms. The van der Waals surface area contributed by atoms with Crippen LogP contribution < -0.4 is 21.3 Å². The molecule has 1 aromatic carbocycles. The Morgan fingerprint density at radius 3 is 2.66 bits per heavy atom. The number of furan rings is 1. The number of amides is 1. The Labute approximate surface area is 196 Å². The molecule has 3 aromatic rings. The molecule has 1 amide bonds. The normalized spacial score (nSPS) is 18.2. The summed E-state index contributed by atoms with van der Waals surface area (Å²) in [6, 6.07) is 3.77. The van der Waals surface area contributed by atoms with Crippen LogP contribution in [0.5, 0.6) is 0 Å². The fourth-order valence-corrected chi connectivity index (χ4v) is 5.06. The maximum absolute atomic E-state index is 13.1. The fraction of sp³-hybridized carbons (Fsp3) is 0.391. The molecule has 2 aliphatic rings. The summed E-state index contributed by atoms with van der Waals surface area (Å²) < 4.78 is 5.93. The van der Waals surface area contributed by atoms with Crippen molar-refractivity contribution in [2.24, 2.45) is 5.92 Å². The highest BCUT2D eigenvalue weighted by atomic mass is 35.5. The molecule has 0 spiro atoms. The number of carbonyl (C=O) groups excluding carboxylic acids is 1. The highest BCUT2D eigenvalue weighted by Crippen LogP contribution is 2.41. The van der Waals surface area contributed by atoms with E-state index in [0.29, 0.717) is 39.3 Å². The topological polar surface area (TPSA) is 91.2 Å². The molecule has 1 atom stereocenters. The average molecular weight is 474 g/mol. The van der Waals surface area contributed by atoms with Crippen LogP contribution in [0, 0.1) is 12.8 Å². The van der Waals surface area contributed by atoms with Crippen molar-refractivity contribution in [3.8, 4) is 0 Å². The summed E-state index contributed by atoms with van der Waals surface area (Å²) in [4.78, 5) is 17.1. The van der Waals surface area contributed by atoms with Crippen LogP contribution in [0.2, 0.25) is 10.0 Å². The number of nitrogens with one attached hydrogen (secondary N) is 4. The largest absolute Gasteiger partial charge is 0.460 e. The van der Waals surface area contributed by atoms with Crippen LogP contribution in [0.1, 0.15) is 48.2 Å². The molecule has 1 fully saturated rings. The molecule has 4 N–H and O–H groups in total. The van der Waals surface area contributed by atoms with Crippen molar-refractivity contribution in [3.05, 3.63) is 45.9 Å². The Bertz CT molecular complexity index is 1150. The standard InChI is InChI=1S/C23H25Cl2N5O2/c1-12-7-14-19-18(28-23(29-19)30-20-16(24)10-26-11-17(20)25)8-15(21(14)32-12)22(31)27-9-13-5-3-2-4-6-13/h7-8,10-11,13,23,28-29H,2-6,9H2,1H3,(H,26,30)(H,27,31). The second-order valence-corrected chi connectivity index (χ2v) is 9.32. The molecule has 0 bridgehead atoms. The third kappa shape index (κ3) is 4.07. The number of halogens is 2. The lowest BCUT2D eigenvalue weighted by atomic mass is 9.89. The summed E-state index contributed by atoms with van der Waals surface area (Å²) in [5, 5.41) is 14.8. The van der Waals surface area contributed by atoms with E-state index in [4.69, 9.17) is 27.6 Å². The number of hydrogen-bond donors (Lipinski definition) is 4. The van der Waals surface area contributed by atoms with E-state index in [-0.39, 0.29) is 12.2 Å². The van der Waals surface area contributed by atoms with Gasteiger partial charge in [0.25, 0.3) is 5.91 Å². The number of aromatic nitrogens is 1. The Hall–Kier alpha value is -2.64. The zero-order chi connectivity index (χ0) is 22.2. The number of pyridine rings is 1. The number of hydrogen-bond acceptors (Lipinski definition) is 6. The predicted octanol–water partition coefficient (Wildman–Crippen LogP) is 5.99. The molecule has 1 unspecified atom stereocenters. The molecular formula is C23H25Cl2N5O2. The van der Waals surface area contributed by atoms with Crippen molar-refractivity contribution in [3.63, 3.8) is 0 Å². The van der Waals surface area contributed by atoms with Gasteiger partial charge in [-0.05, 0) is 37.8 Å². The molecule has 1 aliphatic heterocycles. The lowest BCUT2D eigenvalue weighted by Crippen LogP contribution is -2.31. The Morgan fingerprint density at radius 1 is 1.16 bits per heavy atom. The number of carbonyl (C=O) groups is 1. The predicted molar refractivity (Wildman–Crippen MR) is 129 cm³/mol. The molecule has 0 radical (unpaired) electrons. The van der Waals surface area contributed by atoms with E-state index in [9.17, 15) is 4.79 Å². The van der Waals surface area contributed by atoms with Crippen LogP contribution in [0.3, 0.4) is 0 Å². The zero-order valence-electron chi connectivity index (χ0n) is 17.7. The lowest BCUT2D eigenvalue weighted by molar-refractivity contribution is 0.0944. The van der Waals surface area contributed by atoms with Crippen molar-refractivity contribution in [1.82, 2.24) is 10.3 Å². The van der Waals surface area contributed by atoms with Crippen LogP contribution in [0.15, 0.2) is 28.9 Å². The van der Waals surface area contributed by atoms with Crippen molar-refractivity contribution in [2.75, 3.05) is 22.5 Å². The summed E-state index contributed by atoms with van der Waals surface area (Å²) in [6.45, 7) is 2.58. The van der Waals surface area contributed by atoms with Crippen molar-refractivity contribution >= 4 is 57.1 Å². The highest BCUT2D eigenvalue weighted by molar-refractivity contribution is 6.38. The summed E-state index contributed by atoms with van der Waals surface area (Å²) in [6.07, 6.45) is 8.84. The van der Waals surface area contributed by atoms with Crippen LogP contribution in [-0.2, 0) is 0 Å². The quantitative estimate of drug-likeness (QED) is 0.363. The number of nitrogens with zero attached hydrogens (tertiary/aromatic N) is 1. The minimum Gasteiger partial charge on any atom is -0.460 e. The Balaban J connectivity index is 1.39. The first-order chi connectivity index (χ1) is 15.5. The SMILES string of the molecule is Cc1cc2c3c(cc(C(=O)NCC4CCCCC4)c2o1)NC(Nc1c(Cl)cncc1Cl)N3. The minimum absolute atomic E-state index is 0.115. The molecule has 1 saturated carbocycles. The zero-order valence-corrected chi connectivity index (χ0v) is 19.2. The molecular weight excluding hydrogens is 449 g/mol. The fourth-order valence-electron chi connectivity index (χ4n) is 4.59. The van der Waals surface area contributed by atoms with Gasteiger partial charge in [-0.15, -0.1) is 0 Å². The maximum atomic E-state index is 13.1. The summed E-state index contributed by atoms with van der Waals surface area (Å²) in [5.41, 5.74) is 3.35. The van der Waals surface area contributed by atoms with Gasteiger partial charge in [0.15, 0.2) is 6.29 Å². The summed E-state index contributed by atoms with van der Waals surface area (Å²) in [7, 11) is 0. The molecule has 3 heterocycles. The monoisotopic (exact) mass is 473 g/mol. The number of benzene rings is 1. The van der Waals surface area contributed by atoms with E-state index in [1.165, 1.54) is 44.5 Å². The van der Waals surface area contributed by atoms with Gasteiger partial charge in [-0.1, -0.05) is 42.5 Å². The van der Waals surface area contributed by atoms with Gasteiger partial charge < -0.3 is 25.7 Å². The third-order valence-electron chi connectivity index (χ3n) is 6.18. The number of fused-ring (bicyclic) bond motifs is 3. The van der Waals surface area contributed by atoms with Gasteiger partial charge in [0.1, 0.15) is 11.3 Å². The Morgan fingerprint density at radius 2 is 1.91 bits per heavy atom. The molecule has 0 saturated heterocycles. The summed E-state index contributed by atoms with van der Waals surface area (Å²) in [5.74, 6) is 1.18. The molecule has 1 aliphatic carbocycles. The first kappa shape index (κ1) is 21.2. The second-order valence-electron chi connectivity index (χ2n) is 8.50. The molecule has 7 nitrogen and oxygen atoms in total. The first-order valence-corrected chi connectivity index (χ1v) is 11.7. The lowest BCUT2D eigenvalue weighted by Gasteiger charge is -2.21. The van der Waals surface area contributed by atoms with Gasteiger partial charge >= 0.3 is 0 Å². The van der Waals surface area contributed by atoms with E-state index in [1.807, 2.05) is 19.1 Å². The Kier molecular flexibility index (Phi) is 5.78. The van der Waals surface area contributed by atoms with Crippen molar-refractivity contribution < 1.29 is 9.21 Å². The van der Waals surface area contributed by atoms with E-state index in [0.717, 1.165) is 22.5 Å². The van der Waals surface area contributed by atoms with Crippen LogP contribution in [0.25, 0.3) is 11.0 Å². The average Bonchev–Trinajstić information content (AvgIpc) is 3.37. The van der Waals surface area contributed by atoms with Crippen LogP contribution >= 0.6 is 23.2 Å². The van der Waals surface area contributed by atoms with Crippen molar-refractivity contribution in [1.29, 1.82) is 0 Å². The van der Waals surface area contributed by atoms with E-state index in [2.05, 4.69) is 26.3 Å². The smallest absolute Gasteiger partial charge is 0.255 e. The number of anilines is 3. The third-order valence-corrected chi connectivity index (χ3v) is 6.75.